The van der Waals surface area contributed by atoms with Gasteiger partial charge in [0.1, 0.15) is 11.2 Å². The molecule has 0 spiro atoms. The molecule has 0 saturated heterocycles. The quantitative estimate of drug-likeness (QED) is 0.168. The molecule has 12 aromatic rings. The van der Waals surface area contributed by atoms with E-state index in [0.29, 0.717) is 0 Å². The monoisotopic (exact) mass is 758 g/mol. The van der Waals surface area contributed by atoms with E-state index < -0.39 is 0 Å². The average Bonchev–Trinajstić information content (AvgIpc) is 3.96. The van der Waals surface area contributed by atoms with Crippen LogP contribution in [0.4, 0.5) is 17.1 Å². The van der Waals surface area contributed by atoms with Crippen LogP contribution in [0.25, 0.3) is 91.9 Å². The van der Waals surface area contributed by atoms with E-state index in [-0.39, 0.29) is 0 Å². The third-order valence-electron chi connectivity index (χ3n) is 11.6. The van der Waals surface area contributed by atoms with Gasteiger partial charge in [-0.05, 0) is 107 Å². The maximum atomic E-state index is 6.40. The van der Waals surface area contributed by atoms with E-state index in [2.05, 4.69) is 204 Å². The fourth-order valence-electron chi connectivity index (χ4n) is 8.82. The summed E-state index contributed by atoms with van der Waals surface area (Å²) in [6.45, 7) is 0. The van der Waals surface area contributed by atoms with Gasteiger partial charge >= 0.3 is 0 Å². The standard InChI is InChI=1S/C54H34N2OS/c1-2-10-39(11-3-1)56-49-15-7-4-12-43(49)44-29-22-38(33-50(44)56)36-20-26-41(27-21-36)55(42-28-30-46-45-13-5-8-16-51(45)57-52(46)34-42)40-24-18-35(19-25-40)37-23-31-54-48(32-37)47-14-6-9-17-53(47)58-54/h1-34H. The molecular weight excluding hydrogens is 725 g/mol. The smallest absolute Gasteiger partial charge is 0.137 e. The molecule has 0 aliphatic rings. The minimum absolute atomic E-state index is 0.871. The molecule has 0 N–H and O–H groups in total. The molecule has 0 aliphatic carbocycles. The van der Waals surface area contributed by atoms with E-state index in [9.17, 15) is 0 Å². The molecule has 3 nitrogen and oxygen atoms in total. The first-order valence-electron chi connectivity index (χ1n) is 19.7. The summed E-state index contributed by atoms with van der Waals surface area (Å²) < 4.78 is 11.4. The minimum atomic E-state index is 0.871. The molecule has 0 bridgehead atoms. The highest BCUT2D eigenvalue weighted by Gasteiger charge is 2.18. The second-order valence-corrected chi connectivity index (χ2v) is 16.0. The fourth-order valence-corrected chi connectivity index (χ4v) is 9.90. The van der Waals surface area contributed by atoms with Gasteiger partial charge in [-0.3, -0.25) is 0 Å². The predicted octanol–water partition coefficient (Wildman–Crippen LogP) is 15.9. The van der Waals surface area contributed by atoms with Gasteiger partial charge in [0, 0.05) is 70.5 Å². The summed E-state index contributed by atoms with van der Waals surface area (Å²) in [7, 11) is 0. The van der Waals surface area contributed by atoms with E-state index >= 15 is 0 Å². The van der Waals surface area contributed by atoms with Gasteiger partial charge in [0.05, 0.1) is 11.0 Å². The predicted molar refractivity (Wildman–Crippen MR) is 247 cm³/mol. The van der Waals surface area contributed by atoms with E-state index in [0.717, 1.165) is 50.3 Å². The molecule has 0 amide bonds. The number of fused-ring (bicyclic) bond motifs is 9. The summed E-state index contributed by atoms with van der Waals surface area (Å²) in [6, 6.07) is 74.5. The summed E-state index contributed by atoms with van der Waals surface area (Å²) in [4.78, 5) is 2.33. The maximum absolute atomic E-state index is 6.40. The molecular formula is C54H34N2OS. The number of hydrogen-bond acceptors (Lipinski definition) is 3. The van der Waals surface area contributed by atoms with Crippen LogP contribution >= 0.6 is 11.3 Å². The molecule has 0 fully saturated rings. The van der Waals surface area contributed by atoms with Crippen LogP contribution in [0, 0.1) is 0 Å². The zero-order valence-electron chi connectivity index (χ0n) is 31.3. The van der Waals surface area contributed by atoms with Crippen LogP contribution in [0.2, 0.25) is 0 Å². The number of furan rings is 1. The van der Waals surface area contributed by atoms with Gasteiger partial charge in [0.2, 0.25) is 0 Å². The van der Waals surface area contributed by atoms with Crippen molar-refractivity contribution >= 4 is 92.3 Å². The zero-order chi connectivity index (χ0) is 38.2. The van der Waals surface area contributed by atoms with Gasteiger partial charge in [-0.25, -0.2) is 0 Å². The van der Waals surface area contributed by atoms with Crippen LogP contribution in [0.3, 0.4) is 0 Å². The largest absolute Gasteiger partial charge is 0.456 e. The van der Waals surface area contributed by atoms with Crippen LogP contribution < -0.4 is 4.90 Å². The molecule has 0 atom stereocenters. The Morgan fingerprint density at radius 3 is 1.69 bits per heavy atom. The number of anilines is 3. The summed E-state index contributed by atoms with van der Waals surface area (Å²) in [5, 5.41) is 7.37. The Hall–Kier alpha value is -7.40. The maximum Gasteiger partial charge on any atom is 0.137 e. The molecule has 9 aromatic carbocycles. The summed E-state index contributed by atoms with van der Waals surface area (Å²) >= 11 is 1.85. The fraction of sp³-hybridized carbons (Fsp3) is 0. The van der Waals surface area contributed by atoms with Gasteiger partial charge in [0.15, 0.2) is 0 Å². The lowest BCUT2D eigenvalue weighted by Gasteiger charge is -2.26. The molecule has 0 aliphatic heterocycles. The molecule has 0 radical (unpaired) electrons. The number of para-hydroxylation sites is 3. The van der Waals surface area contributed by atoms with Crippen molar-refractivity contribution in [3.05, 3.63) is 206 Å². The second kappa shape index (κ2) is 13.1. The third kappa shape index (κ3) is 5.27. The van der Waals surface area contributed by atoms with Crippen molar-refractivity contribution < 1.29 is 4.42 Å². The topological polar surface area (TPSA) is 21.3 Å². The number of thiophene rings is 1. The molecule has 0 saturated carbocycles. The lowest BCUT2D eigenvalue weighted by molar-refractivity contribution is 0.669. The Bertz CT molecular complexity index is 3500. The van der Waals surface area contributed by atoms with Gasteiger partial charge in [-0.2, -0.15) is 0 Å². The first-order valence-corrected chi connectivity index (χ1v) is 20.5. The SMILES string of the molecule is c1ccc(-n2c3ccccc3c3ccc(-c4ccc(N(c5ccc(-c6ccc7sc8ccccc8c7c6)cc5)c5ccc6c(c5)oc5ccccc56)cc4)cc32)cc1. The molecule has 4 heteroatoms. The van der Waals surface area contributed by atoms with Crippen LogP contribution in [-0.2, 0) is 0 Å². The summed E-state index contributed by atoms with van der Waals surface area (Å²) in [5.74, 6) is 0. The van der Waals surface area contributed by atoms with Gasteiger partial charge in [0.25, 0.3) is 0 Å². The van der Waals surface area contributed by atoms with Crippen molar-refractivity contribution in [2.24, 2.45) is 0 Å². The van der Waals surface area contributed by atoms with Crippen molar-refractivity contribution in [2.75, 3.05) is 4.90 Å². The van der Waals surface area contributed by atoms with Crippen molar-refractivity contribution in [2.45, 2.75) is 0 Å². The number of nitrogens with zero attached hydrogens (tertiary/aromatic N) is 2. The zero-order valence-corrected chi connectivity index (χ0v) is 32.2. The molecule has 12 rings (SSSR count). The third-order valence-corrected chi connectivity index (χ3v) is 12.8. The second-order valence-electron chi connectivity index (χ2n) is 14.9. The first kappa shape index (κ1) is 32.8. The van der Waals surface area contributed by atoms with Crippen molar-refractivity contribution in [3.63, 3.8) is 0 Å². The number of hydrogen-bond donors (Lipinski definition) is 0. The average molecular weight is 759 g/mol. The summed E-state index contributed by atoms with van der Waals surface area (Å²) in [5.41, 5.74) is 13.2. The van der Waals surface area contributed by atoms with Crippen LogP contribution in [-0.4, -0.2) is 4.57 Å². The highest BCUT2D eigenvalue weighted by atomic mass is 32.1. The van der Waals surface area contributed by atoms with E-state index in [1.54, 1.807) is 0 Å². The minimum Gasteiger partial charge on any atom is -0.456 e. The molecule has 0 unspecified atom stereocenters. The van der Waals surface area contributed by atoms with Gasteiger partial charge in [-0.1, -0.05) is 115 Å². The number of rotatable bonds is 6. The molecule has 3 aromatic heterocycles. The molecule has 272 valence electrons. The Morgan fingerprint density at radius 1 is 0.345 bits per heavy atom. The Balaban J connectivity index is 0.956. The number of benzene rings is 9. The first-order chi connectivity index (χ1) is 28.7. The van der Waals surface area contributed by atoms with Crippen LogP contribution in [0.5, 0.6) is 0 Å². The Morgan fingerprint density at radius 2 is 0.897 bits per heavy atom. The Labute approximate surface area is 338 Å². The van der Waals surface area contributed by atoms with Crippen molar-refractivity contribution in [3.8, 4) is 27.9 Å². The summed E-state index contributed by atoms with van der Waals surface area (Å²) in [6.07, 6.45) is 0. The van der Waals surface area contributed by atoms with E-state index in [1.165, 1.54) is 58.7 Å². The lowest BCUT2D eigenvalue weighted by Crippen LogP contribution is -2.09. The highest BCUT2D eigenvalue weighted by molar-refractivity contribution is 7.25. The van der Waals surface area contributed by atoms with Crippen molar-refractivity contribution in [1.82, 2.24) is 4.57 Å². The highest BCUT2D eigenvalue weighted by Crippen LogP contribution is 2.42. The van der Waals surface area contributed by atoms with E-state index in [1.807, 2.05) is 23.5 Å². The lowest BCUT2D eigenvalue weighted by atomic mass is 10.0. The Kier molecular flexibility index (Phi) is 7.40. The van der Waals surface area contributed by atoms with E-state index in [4.69, 9.17) is 4.42 Å². The van der Waals surface area contributed by atoms with Gasteiger partial charge in [-0.15, -0.1) is 11.3 Å². The molecule has 58 heavy (non-hydrogen) atoms. The van der Waals surface area contributed by atoms with Crippen LogP contribution in [0.15, 0.2) is 211 Å². The van der Waals surface area contributed by atoms with Crippen molar-refractivity contribution in [1.29, 1.82) is 0 Å². The van der Waals surface area contributed by atoms with Gasteiger partial charge < -0.3 is 13.9 Å². The van der Waals surface area contributed by atoms with Crippen LogP contribution in [0.1, 0.15) is 0 Å². The molecule has 3 heterocycles. The normalized spacial score (nSPS) is 11.8. The number of aromatic nitrogens is 1.